The normalized spacial score (nSPS) is 14.4. The van der Waals surface area contributed by atoms with Gasteiger partial charge in [0.1, 0.15) is 12.0 Å². The Labute approximate surface area is 128 Å². The van der Waals surface area contributed by atoms with E-state index < -0.39 is 0 Å². The first kappa shape index (κ1) is 14.4. The van der Waals surface area contributed by atoms with E-state index in [1.165, 1.54) is 11.8 Å². The zero-order chi connectivity index (χ0) is 15.0. The molecular weight excluding hydrogens is 284 g/mol. The summed E-state index contributed by atoms with van der Waals surface area (Å²) in [7, 11) is 0. The van der Waals surface area contributed by atoms with Gasteiger partial charge >= 0.3 is 0 Å². The monoisotopic (exact) mass is 302 g/mol. The van der Waals surface area contributed by atoms with Crippen molar-refractivity contribution in [1.29, 1.82) is 0 Å². The molecule has 0 aliphatic carbocycles. The van der Waals surface area contributed by atoms with Gasteiger partial charge in [0.2, 0.25) is 0 Å². The number of benzene rings is 1. The fraction of sp³-hybridized carbons (Fsp3) is 0.353. The first-order valence-electron chi connectivity index (χ1n) is 7.17. The summed E-state index contributed by atoms with van der Waals surface area (Å²) in [5, 5.41) is 9.20. The van der Waals surface area contributed by atoms with Crippen LogP contribution in [-0.2, 0) is 12.4 Å². The lowest BCUT2D eigenvalue weighted by Crippen LogP contribution is -2.16. The number of thioether (sulfide) groups is 1. The minimum absolute atomic E-state index is 0.0918. The Morgan fingerprint density at radius 3 is 2.95 bits per heavy atom. The van der Waals surface area contributed by atoms with Gasteiger partial charge in [-0.2, -0.15) is 0 Å². The van der Waals surface area contributed by atoms with Gasteiger partial charge in [-0.3, -0.25) is 4.79 Å². The molecule has 0 saturated carbocycles. The van der Waals surface area contributed by atoms with Crippen LogP contribution < -0.4 is 5.43 Å². The highest BCUT2D eigenvalue weighted by Crippen LogP contribution is 2.41. The molecule has 0 spiro atoms. The van der Waals surface area contributed by atoms with Gasteiger partial charge in [0.05, 0.1) is 17.7 Å². The molecule has 1 unspecified atom stereocenters. The van der Waals surface area contributed by atoms with Crippen molar-refractivity contribution in [3.63, 3.8) is 0 Å². The van der Waals surface area contributed by atoms with Gasteiger partial charge in [0, 0.05) is 16.2 Å². The van der Waals surface area contributed by atoms with Crippen LogP contribution in [0.2, 0.25) is 0 Å². The zero-order valence-corrected chi connectivity index (χ0v) is 13.0. The fourth-order valence-corrected chi connectivity index (χ4v) is 3.59. The van der Waals surface area contributed by atoms with Crippen LogP contribution in [0.1, 0.15) is 42.9 Å². The smallest absolute Gasteiger partial charge is 0.195 e. The Morgan fingerprint density at radius 2 is 2.24 bits per heavy atom. The Hall–Kier alpha value is -1.52. The van der Waals surface area contributed by atoms with Crippen LogP contribution in [0.4, 0.5) is 0 Å². The molecule has 1 N–H and O–H groups in total. The largest absolute Gasteiger partial charge is 0.463 e. The highest BCUT2D eigenvalue weighted by atomic mass is 32.2. The van der Waals surface area contributed by atoms with Crippen LogP contribution >= 0.6 is 11.8 Å². The fourth-order valence-electron chi connectivity index (χ4n) is 2.56. The van der Waals surface area contributed by atoms with E-state index in [4.69, 9.17) is 4.42 Å². The van der Waals surface area contributed by atoms with Gasteiger partial charge in [-0.1, -0.05) is 19.9 Å². The number of hydrogen-bond donors (Lipinski definition) is 1. The molecule has 4 heteroatoms. The quantitative estimate of drug-likeness (QED) is 0.933. The predicted molar refractivity (Wildman–Crippen MR) is 84.6 cm³/mol. The molecule has 1 aromatic carbocycles. The second-order valence-electron chi connectivity index (χ2n) is 5.41. The third kappa shape index (κ3) is 2.43. The Kier molecular flexibility index (Phi) is 3.91. The Bertz CT molecular complexity index is 733. The second kappa shape index (κ2) is 5.70. The van der Waals surface area contributed by atoms with Crippen LogP contribution in [-0.4, -0.2) is 5.11 Å². The van der Waals surface area contributed by atoms with E-state index in [1.54, 1.807) is 11.8 Å². The molecule has 0 saturated heterocycles. The lowest BCUT2D eigenvalue weighted by molar-refractivity contribution is 0.276. The van der Waals surface area contributed by atoms with Crippen molar-refractivity contribution >= 4 is 11.8 Å². The van der Waals surface area contributed by atoms with Crippen LogP contribution in [0.25, 0.3) is 11.3 Å². The molecule has 0 fully saturated rings. The zero-order valence-electron chi connectivity index (χ0n) is 12.2. The first-order chi connectivity index (χ1) is 10.2. The van der Waals surface area contributed by atoms with Gasteiger partial charge in [0.15, 0.2) is 5.43 Å². The van der Waals surface area contributed by atoms with Gasteiger partial charge < -0.3 is 9.52 Å². The summed E-state index contributed by atoms with van der Waals surface area (Å²) in [6.45, 7) is 4.09. The SMILES string of the molecule is CCC(C)c1ccc2c(c1)-c1occ(CO)c(=O)c1CS2. The molecule has 1 aliphatic heterocycles. The number of aliphatic hydroxyl groups is 1. The van der Waals surface area contributed by atoms with Crippen molar-refractivity contribution in [1.82, 2.24) is 0 Å². The van der Waals surface area contributed by atoms with E-state index in [2.05, 4.69) is 32.0 Å². The molecule has 1 aliphatic rings. The van der Waals surface area contributed by atoms with Crippen LogP contribution in [0.5, 0.6) is 0 Å². The maximum absolute atomic E-state index is 12.3. The van der Waals surface area contributed by atoms with E-state index in [9.17, 15) is 9.90 Å². The highest BCUT2D eigenvalue weighted by Gasteiger charge is 2.23. The van der Waals surface area contributed by atoms with Crippen molar-refractivity contribution in [3.05, 3.63) is 51.4 Å². The maximum Gasteiger partial charge on any atom is 0.195 e. The summed E-state index contributed by atoms with van der Waals surface area (Å²) in [6, 6.07) is 6.41. The summed E-state index contributed by atoms with van der Waals surface area (Å²) < 4.78 is 5.67. The topological polar surface area (TPSA) is 50.4 Å². The molecule has 2 heterocycles. The summed E-state index contributed by atoms with van der Waals surface area (Å²) in [5.41, 5.74) is 3.17. The lowest BCUT2D eigenvalue weighted by atomic mass is 9.95. The number of hydrogen-bond acceptors (Lipinski definition) is 4. The van der Waals surface area contributed by atoms with Crippen molar-refractivity contribution < 1.29 is 9.52 Å². The van der Waals surface area contributed by atoms with E-state index in [-0.39, 0.29) is 12.0 Å². The summed E-state index contributed by atoms with van der Waals surface area (Å²) in [5.74, 6) is 1.74. The molecule has 3 nitrogen and oxygen atoms in total. The Balaban J connectivity index is 2.17. The van der Waals surface area contributed by atoms with E-state index >= 15 is 0 Å². The summed E-state index contributed by atoms with van der Waals surface area (Å²) in [6.07, 6.45) is 2.46. The van der Waals surface area contributed by atoms with E-state index in [1.807, 2.05) is 0 Å². The van der Waals surface area contributed by atoms with Crippen molar-refractivity contribution in [2.24, 2.45) is 0 Å². The Morgan fingerprint density at radius 1 is 1.43 bits per heavy atom. The minimum atomic E-state index is -0.278. The van der Waals surface area contributed by atoms with Gasteiger partial charge in [-0.15, -0.1) is 11.8 Å². The predicted octanol–water partition coefficient (Wildman–Crippen LogP) is 3.92. The third-order valence-electron chi connectivity index (χ3n) is 4.13. The molecule has 0 bridgehead atoms. The summed E-state index contributed by atoms with van der Waals surface area (Å²) in [4.78, 5) is 13.4. The highest BCUT2D eigenvalue weighted by molar-refractivity contribution is 7.98. The standard InChI is InChI=1S/C17H18O3S/c1-3-10(2)11-4-5-15-13(6-11)17-14(9-21-15)16(19)12(7-18)8-20-17/h4-6,8,10,18H,3,7,9H2,1-2H3. The number of fused-ring (bicyclic) bond motifs is 3. The lowest BCUT2D eigenvalue weighted by Gasteiger charge is -2.20. The molecule has 21 heavy (non-hydrogen) atoms. The minimum Gasteiger partial charge on any atom is -0.463 e. The van der Waals surface area contributed by atoms with Gasteiger partial charge in [-0.25, -0.2) is 0 Å². The molecule has 3 rings (SSSR count). The van der Waals surface area contributed by atoms with Crippen molar-refractivity contribution in [2.75, 3.05) is 0 Å². The molecular formula is C17H18O3S. The third-order valence-corrected chi connectivity index (χ3v) is 5.23. The van der Waals surface area contributed by atoms with Crippen LogP contribution in [0.15, 0.2) is 38.6 Å². The number of rotatable bonds is 3. The molecule has 0 radical (unpaired) electrons. The van der Waals surface area contributed by atoms with Crippen LogP contribution in [0, 0.1) is 0 Å². The summed E-state index contributed by atoms with van der Waals surface area (Å²) >= 11 is 1.65. The first-order valence-corrected chi connectivity index (χ1v) is 8.15. The van der Waals surface area contributed by atoms with Crippen molar-refractivity contribution in [2.45, 2.75) is 43.4 Å². The van der Waals surface area contributed by atoms with E-state index in [0.717, 1.165) is 16.9 Å². The average Bonchev–Trinajstić information content (AvgIpc) is 2.53. The van der Waals surface area contributed by atoms with Crippen molar-refractivity contribution in [3.8, 4) is 11.3 Å². The average molecular weight is 302 g/mol. The van der Waals surface area contributed by atoms with Gasteiger partial charge in [0.25, 0.3) is 0 Å². The number of aliphatic hydroxyl groups excluding tert-OH is 1. The molecule has 1 aromatic heterocycles. The van der Waals surface area contributed by atoms with Gasteiger partial charge in [-0.05, 0) is 30.0 Å². The maximum atomic E-state index is 12.3. The molecule has 1 atom stereocenters. The van der Waals surface area contributed by atoms with E-state index in [0.29, 0.717) is 28.6 Å². The molecule has 2 aromatic rings. The second-order valence-corrected chi connectivity index (χ2v) is 6.43. The molecule has 110 valence electrons. The van der Waals surface area contributed by atoms with Crippen LogP contribution in [0.3, 0.4) is 0 Å². The molecule has 0 amide bonds.